The van der Waals surface area contributed by atoms with E-state index in [1.165, 1.54) is 0 Å². The number of carbonyl (C=O) groups excluding carboxylic acids is 1. The van der Waals surface area contributed by atoms with Crippen molar-refractivity contribution in [2.75, 3.05) is 0 Å². The zero-order valence-electron chi connectivity index (χ0n) is 6.22. The highest BCUT2D eigenvalue weighted by Gasteiger charge is 2.48. The van der Waals surface area contributed by atoms with Crippen LogP contribution in [0.5, 0.6) is 0 Å². The lowest BCUT2D eigenvalue weighted by atomic mass is 10.2. The largest absolute Gasteiger partial charge is 0.509 e. The van der Waals surface area contributed by atoms with E-state index in [1.807, 2.05) is 6.92 Å². The molecule has 1 fully saturated rings. The minimum Gasteiger partial charge on any atom is -0.427 e. The van der Waals surface area contributed by atoms with Crippen molar-refractivity contribution in [3.05, 3.63) is 0 Å². The number of halogens is 3. The first-order chi connectivity index (χ1) is 5.45. The Morgan fingerprint density at radius 1 is 1.42 bits per heavy atom. The van der Waals surface area contributed by atoms with E-state index in [0.29, 0.717) is 6.42 Å². The second kappa shape index (κ2) is 3.48. The zero-order chi connectivity index (χ0) is 9.35. The first-order valence-electron chi connectivity index (χ1n) is 3.39. The molecule has 0 spiro atoms. The van der Waals surface area contributed by atoms with Gasteiger partial charge in [0.05, 0.1) is 0 Å². The predicted octanol–water partition coefficient (Wildman–Crippen LogP) is 2.67. The summed E-state index contributed by atoms with van der Waals surface area (Å²) in [4.78, 5) is 10.6. The van der Waals surface area contributed by atoms with Gasteiger partial charge in [0.15, 0.2) is 6.10 Å². The number of ether oxygens (including phenoxy) is 2. The molecule has 0 aromatic carbocycles. The third kappa shape index (κ3) is 2.09. The van der Waals surface area contributed by atoms with Crippen LogP contribution in [0, 0.1) is 0 Å². The monoisotopic (exact) mass is 232 g/mol. The third-order valence-corrected chi connectivity index (χ3v) is 2.18. The molecular weight excluding hydrogens is 226 g/mol. The van der Waals surface area contributed by atoms with Gasteiger partial charge in [0.2, 0.25) is 3.79 Å². The summed E-state index contributed by atoms with van der Waals surface area (Å²) in [7, 11) is 0. The lowest BCUT2D eigenvalue weighted by Crippen LogP contribution is -2.34. The number of carbonyl (C=O) groups is 1. The summed E-state index contributed by atoms with van der Waals surface area (Å²) >= 11 is 16.7. The molecule has 2 atom stereocenters. The Kier molecular flexibility index (Phi) is 2.97. The Hall–Kier alpha value is 0.140. The first-order valence-corrected chi connectivity index (χ1v) is 4.52. The Bertz CT molecular complexity index is 189. The molecule has 1 aliphatic heterocycles. The van der Waals surface area contributed by atoms with Gasteiger partial charge in [-0.25, -0.2) is 4.79 Å². The summed E-state index contributed by atoms with van der Waals surface area (Å²) in [6.45, 7) is 1.82. The van der Waals surface area contributed by atoms with Crippen LogP contribution in [0.2, 0.25) is 0 Å². The lowest BCUT2D eigenvalue weighted by Gasteiger charge is -2.20. The normalized spacial score (nSPS) is 29.8. The second-order valence-electron chi connectivity index (χ2n) is 2.39. The van der Waals surface area contributed by atoms with Crippen LogP contribution in [0.3, 0.4) is 0 Å². The van der Waals surface area contributed by atoms with E-state index >= 15 is 0 Å². The Morgan fingerprint density at radius 3 is 2.33 bits per heavy atom. The molecule has 0 aliphatic carbocycles. The number of hydrogen-bond donors (Lipinski definition) is 0. The summed E-state index contributed by atoms with van der Waals surface area (Å²) < 4.78 is 7.79. The van der Waals surface area contributed by atoms with Gasteiger partial charge in [-0.15, -0.1) is 0 Å². The predicted molar refractivity (Wildman–Crippen MR) is 45.7 cm³/mol. The van der Waals surface area contributed by atoms with Crippen molar-refractivity contribution >= 4 is 41.0 Å². The number of cyclic esters (lactones) is 2. The van der Waals surface area contributed by atoms with E-state index in [-0.39, 0.29) is 0 Å². The topological polar surface area (TPSA) is 35.5 Å². The maximum Gasteiger partial charge on any atom is 0.509 e. The molecule has 2 unspecified atom stereocenters. The maximum atomic E-state index is 10.6. The van der Waals surface area contributed by atoms with Crippen LogP contribution in [0.4, 0.5) is 4.79 Å². The summed E-state index contributed by atoms with van der Waals surface area (Å²) in [5.41, 5.74) is 0. The minimum absolute atomic E-state index is 0.468. The standard InChI is InChI=1S/C6H7Cl3O3/c1-2-3-4(6(7,8)9)12-5(10)11-3/h3-4H,2H2,1H3. The molecule has 1 aliphatic rings. The van der Waals surface area contributed by atoms with E-state index in [4.69, 9.17) is 39.5 Å². The van der Waals surface area contributed by atoms with Crippen molar-refractivity contribution in [2.24, 2.45) is 0 Å². The van der Waals surface area contributed by atoms with Crippen LogP contribution in [0.1, 0.15) is 13.3 Å². The summed E-state index contributed by atoms with van der Waals surface area (Å²) in [6.07, 6.45) is -1.49. The fourth-order valence-corrected chi connectivity index (χ4v) is 1.52. The molecule has 0 saturated carbocycles. The summed E-state index contributed by atoms with van der Waals surface area (Å²) in [5, 5.41) is 0. The van der Waals surface area contributed by atoms with Crippen LogP contribution in [0.15, 0.2) is 0 Å². The average Bonchev–Trinajstić information content (AvgIpc) is 2.29. The molecule has 1 heterocycles. The molecule has 12 heavy (non-hydrogen) atoms. The minimum atomic E-state index is -1.62. The second-order valence-corrected chi connectivity index (χ2v) is 4.76. The number of hydrogen-bond acceptors (Lipinski definition) is 3. The summed E-state index contributed by atoms with van der Waals surface area (Å²) in [6, 6.07) is 0. The van der Waals surface area contributed by atoms with E-state index in [1.54, 1.807) is 0 Å². The highest BCUT2D eigenvalue weighted by Crippen LogP contribution is 2.38. The van der Waals surface area contributed by atoms with Gasteiger partial charge >= 0.3 is 6.16 Å². The van der Waals surface area contributed by atoms with Crippen LogP contribution in [-0.4, -0.2) is 22.2 Å². The van der Waals surface area contributed by atoms with Gasteiger partial charge in [-0.3, -0.25) is 0 Å². The van der Waals surface area contributed by atoms with E-state index in [2.05, 4.69) is 4.74 Å². The third-order valence-electron chi connectivity index (χ3n) is 1.53. The average molecular weight is 233 g/mol. The molecule has 1 saturated heterocycles. The van der Waals surface area contributed by atoms with Gasteiger partial charge in [-0.05, 0) is 6.42 Å². The maximum absolute atomic E-state index is 10.6. The fraction of sp³-hybridized carbons (Fsp3) is 0.833. The Labute approximate surface area is 84.9 Å². The molecular formula is C6H7Cl3O3. The molecule has 1 rings (SSSR count). The summed E-state index contributed by atoms with van der Waals surface area (Å²) in [5.74, 6) is 0. The fourth-order valence-electron chi connectivity index (χ4n) is 0.968. The quantitative estimate of drug-likeness (QED) is 0.516. The van der Waals surface area contributed by atoms with Crippen molar-refractivity contribution in [1.82, 2.24) is 0 Å². The van der Waals surface area contributed by atoms with Crippen molar-refractivity contribution in [2.45, 2.75) is 29.3 Å². The van der Waals surface area contributed by atoms with E-state index in [9.17, 15) is 4.79 Å². The molecule has 0 radical (unpaired) electrons. The lowest BCUT2D eigenvalue weighted by molar-refractivity contribution is 0.115. The Balaban J connectivity index is 2.70. The van der Waals surface area contributed by atoms with Gasteiger partial charge in [0.1, 0.15) is 6.10 Å². The van der Waals surface area contributed by atoms with Crippen molar-refractivity contribution in [3.8, 4) is 0 Å². The van der Waals surface area contributed by atoms with Crippen molar-refractivity contribution in [1.29, 1.82) is 0 Å². The van der Waals surface area contributed by atoms with E-state index < -0.39 is 22.2 Å². The molecule has 3 nitrogen and oxygen atoms in total. The van der Waals surface area contributed by atoms with E-state index in [0.717, 1.165) is 0 Å². The van der Waals surface area contributed by atoms with Gasteiger partial charge in [0, 0.05) is 0 Å². The zero-order valence-corrected chi connectivity index (χ0v) is 8.49. The molecule has 70 valence electrons. The molecule has 0 bridgehead atoms. The molecule has 0 aromatic rings. The van der Waals surface area contributed by atoms with Crippen LogP contribution in [-0.2, 0) is 9.47 Å². The van der Waals surface area contributed by atoms with Crippen LogP contribution < -0.4 is 0 Å². The van der Waals surface area contributed by atoms with Gasteiger partial charge < -0.3 is 9.47 Å². The number of rotatable bonds is 1. The van der Waals surface area contributed by atoms with Gasteiger partial charge in [-0.2, -0.15) is 0 Å². The van der Waals surface area contributed by atoms with Gasteiger partial charge in [0.25, 0.3) is 0 Å². The molecule has 0 aromatic heterocycles. The van der Waals surface area contributed by atoms with Crippen molar-refractivity contribution < 1.29 is 14.3 Å². The smallest absolute Gasteiger partial charge is 0.427 e. The number of alkyl halides is 3. The molecule has 0 amide bonds. The first kappa shape index (κ1) is 10.2. The van der Waals surface area contributed by atoms with Gasteiger partial charge in [-0.1, -0.05) is 41.7 Å². The molecule has 6 heteroatoms. The highest BCUT2D eigenvalue weighted by molar-refractivity contribution is 6.68. The SMILES string of the molecule is CCC1OC(=O)OC1C(Cl)(Cl)Cl. The highest BCUT2D eigenvalue weighted by atomic mass is 35.6. The molecule has 0 N–H and O–H groups in total. The van der Waals surface area contributed by atoms with Crippen LogP contribution >= 0.6 is 34.8 Å². The van der Waals surface area contributed by atoms with Crippen molar-refractivity contribution in [3.63, 3.8) is 0 Å². The van der Waals surface area contributed by atoms with Crippen LogP contribution in [0.25, 0.3) is 0 Å². The Morgan fingerprint density at radius 2 is 2.00 bits per heavy atom.